The molecule has 0 radical (unpaired) electrons. The molecule has 0 saturated heterocycles. The quantitative estimate of drug-likeness (QED) is 0.526. The van der Waals surface area contributed by atoms with Crippen molar-refractivity contribution in [2.75, 3.05) is 27.7 Å². The monoisotopic (exact) mass is 369 g/mol. The molecule has 27 heavy (non-hydrogen) atoms. The third kappa shape index (κ3) is 6.90. The maximum absolute atomic E-state index is 5.28. The van der Waals surface area contributed by atoms with Crippen LogP contribution in [0.1, 0.15) is 24.5 Å². The van der Waals surface area contributed by atoms with E-state index in [1.165, 1.54) is 5.56 Å². The second-order valence-corrected chi connectivity index (χ2v) is 6.56. The summed E-state index contributed by atoms with van der Waals surface area (Å²) in [4.78, 5) is 10.9. The van der Waals surface area contributed by atoms with Gasteiger partial charge in [-0.05, 0) is 32.0 Å². The number of hydrogen-bond donors (Lipinski definition) is 2. The highest BCUT2D eigenvalue weighted by Crippen LogP contribution is 2.12. The van der Waals surface area contributed by atoms with Crippen molar-refractivity contribution in [2.24, 2.45) is 4.99 Å². The Morgan fingerprint density at radius 2 is 1.96 bits per heavy atom. The zero-order chi connectivity index (χ0) is 19.5. The van der Waals surface area contributed by atoms with Gasteiger partial charge in [0.25, 0.3) is 0 Å². The Bertz CT molecular complexity index is 705. The highest BCUT2D eigenvalue weighted by Gasteiger charge is 2.10. The molecule has 0 bridgehead atoms. The second-order valence-electron chi connectivity index (χ2n) is 6.56. The Hall–Kier alpha value is -2.60. The first-order valence-electron chi connectivity index (χ1n) is 9.30. The summed E-state index contributed by atoms with van der Waals surface area (Å²) in [6.07, 6.45) is 2.75. The normalized spacial score (nSPS) is 12.7. The summed E-state index contributed by atoms with van der Waals surface area (Å²) in [6, 6.07) is 14.9. The SMILES string of the molecule is CN=C(NCCC(C)N(C)Cc1ccccc1)NCc1cccnc1OC. The lowest BCUT2D eigenvalue weighted by molar-refractivity contribution is 0.238. The number of aliphatic imine (C=N–C) groups is 1. The third-order valence-electron chi connectivity index (χ3n) is 4.60. The van der Waals surface area contributed by atoms with Crippen molar-refractivity contribution in [3.63, 3.8) is 0 Å². The van der Waals surface area contributed by atoms with Crippen LogP contribution in [0.3, 0.4) is 0 Å². The van der Waals surface area contributed by atoms with E-state index in [0.717, 1.165) is 31.0 Å². The molecule has 1 aromatic carbocycles. The lowest BCUT2D eigenvalue weighted by Crippen LogP contribution is -2.39. The number of guanidine groups is 1. The molecule has 1 aromatic heterocycles. The van der Waals surface area contributed by atoms with Crippen LogP contribution in [0.15, 0.2) is 53.7 Å². The maximum Gasteiger partial charge on any atom is 0.218 e. The summed E-state index contributed by atoms with van der Waals surface area (Å²) in [5.41, 5.74) is 2.33. The van der Waals surface area contributed by atoms with Crippen molar-refractivity contribution in [3.8, 4) is 5.88 Å². The molecule has 0 aliphatic carbocycles. The molecule has 6 heteroatoms. The van der Waals surface area contributed by atoms with Crippen molar-refractivity contribution < 1.29 is 4.74 Å². The van der Waals surface area contributed by atoms with Gasteiger partial charge in [-0.25, -0.2) is 4.98 Å². The van der Waals surface area contributed by atoms with Gasteiger partial charge in [-0.15, -0.1) is 0 Å². The van der Waals surface area contributed by atoms with E-state index in [-0.39, 0.29) is 0 Å². The number of hydrogen-bond acceptors (Lipinski definition) is 4. The van der Waals surface area contributed by atoms with Crippen LogP contribution < -0.4 is 15.4 Å². The first-order chi connectivity index (χ1) is 13.1. The highest BCUT2D eigenvalue weighted by atomic mass is 16.5. The average molecular weight is 370 g/mol. The first-order valence-corrected chi connectivity index (χ1v) is 9.30. The minimum Gasteiger partial charge on any atom is -0.481 e. The molecule has 0 spiro atoms. The van der Waals surface area contributed by atoms with Crippen molar-refractivity contribution >= 4 is 5.96 Å². The van der Waals surface area contributed by atoms with E-state index in [1.807, 2.05) is 12.1 Å². The van der Waals surface area contributed by atoms with Gasteiger partial charge in [0.2, 0.25) is 5.88 Å². The Morgan fingerprint density at radius 1 is 1.19 bits per heavy atom. The Labute approximate surface area is 162 Å². The van der Waals surface area contributed by atoms with E-state index in [4.69, 9.17) is 4.74 Å². The largest absolute Gasteiger partial charge is 0.481 e. The highest BCUT2D eigenvalue weighted by molar-refractivity contribution is 5.79. The summed E-state index contributed by atoms with van der Waals surface area (Å²) in [7, 11) is 5.58. The minimum atomic E-state index is 0.467. The molecule has 0 fully saturated rings. The number of nitrogens with one attached hydrogen (secondary N) is 2. The van der Waals surface area contributed by atoms with E-state index in [9.17, 15) is 0 Å². The van der Waals surface area contributed by atoms with Crippen LogP contribution >= 0.6 is 0 Å². The lowest BCUT2D eigenvalue weighted by atomic mass is 10.1. The molecule has 1 unspecified atom stereocenters. The lowest BCUT2D eigenvalue weighted by Gasteiger charge is -2.25. The minimum absolute atomic E-state index is 0.467. The topological polar surface area (TPSA) is 61.8 Å². The van der Waals surface area contributed by atoms with Gasteiger partial charge in [0.15, 0.2) is 5.96 Å². The summed E-state index contributed by atoms with van der Waals surface area (Å²) in [5.74, 6) is 1.41. The molecule has 0 aliphatic heterocycles. The third-order valence-corrected chi connectivity index (χ3v) is 4.60. The molecule has 2 N–H and O–H groups in total. The zero-order valence-electron chi connectivity index (χ0n) is 16.8. The van der Waals surface area contributed by atoms with Crippen LogP contribution in [-0.2, 0) is 13.1 Å². The average Bonchev–Trinajstić information content (AvgIpc) is 2.71. The molecule has 1 heterocycles. The summed E-state index contributed by atoms with van der Waals surface area (Å²) >= 11 is 0. The predicted octanol–water partition coefficient (Wildman–Crippen LogP) is 2.67. The van der Waals surface area contributed by atoms with Crippen molar-refractivity contribution in [3.05, 3.63) is 59.8 Å². The van der Waals surface area contributed by atoms with E-state index >= 15 is 0 Å². The van der Waals surface area contributed by atoms with Crippen LogP contribution in [0.2, 0.25) is 0 Å². The maximum atomic E-state index is 5.28. The van der Waals surface area contributed by atoms with E-state index in [0.29, 0.717) is 18.5 Å². The van der Waals surface area contributed by atoms with Crippen molar-refractivity contribution in [1.29, 1.82) is 0 Å². The van der Waals surface area contributed by atoms with E-state index in [2.05, 4.69) is 69.8 Å². The van der Waals surface area contributed by atoms with Crippen LogP contribution in [0.5, 0.6) is 5.88 Å². The molecule has 2 aromatic rings. The fraction of sp³-hybridized carbons (Fsp3) is 0.429. The van der Waals surface area contributed by atoms with Crippen molar-refractivity contribution in [1.82, 2.24) is 20.5 Å². The number of nitrogens with zero attached hydrogens (tertiary/aromatic N) is 3. The molecular formula is C21H31N5O. The van der Waals surface area contributed by atoms with Gasteiger partial charge >= 0.3 is 0 Å². The Kier molecular flexibility index (Phi) is 8.58. The number of ether oxygens (including phenoxy) is 1. The molecule has 2 rings (SSSR count). The summed E-state index contributed by atoms with van der Waals surface area (Å²) in [6.45, 7) is 4.67. The van der Waals surface area contributed by atoms with E-state index < -0.39 is 0 Å². The molecule has 0 amide bonds. The predicted molar refractivity (Wildman–Crippen MR) is 111 cm³/mol. The standard InChI is InChI=1S/C21H31N5O/c1-17(26(3)16-18-9-6-5-7-10-18)12-14-24-21(22-2)25-15-19-11-8-13-23-20(19)27-4/h5-11,13,17H,12,14-16H2,1-4H3,(H2,22,24,25). The van der Waals surface area contributed by atoms with Crippen LogP contribution in [0.4, 0.5) is 0 Å². The number of rotatable bonds is 9. The molecule has 0 saturated carbocycles. The van der Waals surface area contributed by atoms with Crippen LogP contribution in [-0.4, -0.2) is 49.6 Å². The fourth-order valence-electron chi connectivity index (χ4n) is 2.79. The molecule has 1 atom stereocenters. The zero-order valence-corrected chi connectivity index (χ0v) is 16.8. The molecule has 6 nitrogen and oxygen atoms in total. The van der Waals surface area contributed by atoms with Crippen LogP contribution in [0, 0.1) is 0 Å². The number of pyridine rings is 1. The van der Waals surface area contributed by atoms with Gasteiger partial charge < -0.3 is 15.4 Å². The smallest absolute Gasteiger partial charge is 0.218 e. The van der Waals surface area contributed by atoms with Gasteiger partial charge in [0, 0.05) is 44.5 Å². The number of benzene rings is 1. The molecule has 146 valence electrons. The van der Waals surface area contributed by atoms with Gasteiger partial charge in [-0.3, -0.25) is 9.89 Å². The molecule has 0 aliphatic rings. The van der Waals surface area contributed by atoms with Crippen LogP contribution in [0.25, 0.3) is 0 Å². The van der Waals surface area contributed by atoms with E-state index in [1.54, 1.807) is 20.4 Å². The number of methoxy groups -OCH3 is 1. The van der Waals surface area contributed by atoms with Gasteiger partial charge in [0.05, 0.1) is 7.11 Å². The van der Waals surface area contributed by atoms with Gasteiger partial charge in [0.1, 0.15) is 0 Å². The summed E-state index contributed by atoms with van der Waals surface area (Å²) < 4.78 is 5.28. The first kappa shape index (κ1) is 20.7. The van der Waals surface area contributed by atoms with Gasteiger partial charge in [-0.1, -0.05) is 36.4 Å². The fourth-order valence-corrected chi connectivity index (χ4v) is 2.79. The second kappa shape index (κ2) is 11.2. The molecular weight excluding hydrogens is 338 g/mol. The Morgan fingerprint density at radius 3 is 2.67 bits per heavy atom. The summed E-state index contributed by atoms with van der Waals surface area (Å²) in [5, 5.41) is 6.69. The van der Waals surface area contributed by atoms with Gasteiger partial charge in [-0.2, -0.15) is 0 Å². The Balaban J connectivity index is 1.74. The number of aromatic nitrogens is 1. The van der Waals surface area contributed by atoms with Crippen molar-refractivity contribution in [2.45, 2.75) is 32.5 Å².